The standard InChI is InChI=1S/C16H10Br2N2O2/c17-11-5-1-3-7-13(11)21-15-9-19-10-16(20-15)22-14-8-4-2-6-12(14)18/h1-10H. The van der Waals surface area contributed by atoms with Crippen molar-refractivity contribution in [3.05, 3.63) is 69.9 Å². The first-order chi connectivity index (χ1) is 10.7. The minimum atomic E-state index is 0.358. The number of aromatic nitrogens is 2. The van der Waals surface area contributed by atoms with Crippen LogP contribution in [-0.4, -0.2) is 9.97 Å². The summed E-state index contributed by atoms with van der Waals surface area (Å²) >= 11 is 6.85. The van der Waals surface area contributed by atoms with Crippen molar-refractivity contribution in [2.24, 2.45) is 0 Å². The fraction of sp³-hybridized carbons (Fsp3) is 0. The van der Waals surface area contributed by atoms with E-state index in [4.69, 9.17) is 9.47 Å². The molecule has 0 fully saturated rings. The fourth-order valence-electron chi connectivity index (χ4n) is 1.71. The summed E-state index contributed by atoms with van der Waals surface area (Å²) in [4.78, 5) is 8.39. The van der Waals surface area contributed by atoms with Gasteiger partial charge in [-0.05, 0) is 56.1 Å². The Hall–Kier alpha value is -1.92. The Morgan fingerprint density at radius 1 is 0.682 bits per heavy atom. The lowest BCUT2D eigenvalue weighted by Gasteiger charge is -2.09. The molecule has 1 aromatic heterocycles. The molecule has 0 N–H and O–H groups in total. The predicted octanol–water partition coefficient (Wildman–Crippen LogP) is 5.59. The van der Waals surface area contributed by atoms with Crippen molar-refractivity contribution in [2.45, 2.75) is 0 Å². The minimum Gasteiger partial charge on any atom is -0.436 e. The lowest BCUT2D eigenvalue weighted by Crippen LogP contribution is -1.94. The second-order valence-electron chi connectivity index (χ2n) is 4.26. The van der Waals surface area contributed by atoms with Gasteiger partial charge in [-0.1, -0.05) is 24.3 Å². The van der Waals surface area contributed by atoms with Crippen LogP contribution in [-0.2, 0) is 0 Å². The number of hydrogen-bond donors (Lipinski definition) is 0. The molecule has 0 saturated carbocycles. The molecule has 2 aromatic carbocycles. The van der Waals surface area contributed by atoms with Gasteiger partial charge in [-0.15, -0.1) is 0 Å². The highest BCUT2D eigenvalue weighted by atomic mass is 79.9. The van der Waals surface area contributed by atoms with E-state index >= 15 is 0 Å². The van der Waals surface area contributed by atoms with Crippen LogP contribution in [0.2, 0.25) is 0 Å². The molecule has 22 heavy (non-hydrogen) atoms. The average molecular weight is 422 g/mol. The zero-order chi connectivity index (χ0) is 15.4. The van der Waals surface area contributed by atoms with Crippen LogP contribution >= 0.6 is 31.9 Å². The maximum absolute atomic E-state index is 5.71. The molecule has 0 amide bonds. The van der Waals surface area contributed by atoms with Crippen LogP contribution in [0, 0.1) is 0 Å². The summed E-state index contributed by atoms with van der Waals surface area (Å²) in [5, 5.41) is 0. The van der Waals surface area contributed by atoms with Gasteiger partial charge in [0.15, 0.2) is 0 Å². The number of hydrogen-bond acceptors (Lipinski definition) is 4. The highest BCUT2D eigenvalue weighted by Gasteiger charge is 2.07. The first-order valence-corrected chi connectivity index (χ1v) is 7.98. The molecule has 4 nitrogen and oxygen atoms in total. The summed E-state index contributed by atoms with van der Waals surface area (Å²) in [7, 11) is 0. The molecule has 0 saturated heterocycles. The van der Waals surface area contributed by atoms with Gasteiger partial charge in [0.2, 0.25) is 11.8 Å². The highest BCUT2D eigenvalue weighted by molar-refractivity contribution is 9.10. The zero-order valence-corrected chi connectivity index (χ0v) is 14.4. The highest BCUT2D eigenvalue weighted by Crippen LogP contribution is 2.31. The Bertz CT molecular complexity index is 734. The van der Waals surface area contributed by atoms with E-state index < -0.39 is 0 Å². The van der Waals surface area contributed by atoms with E-state index in [1.165, 1.54) is 12.4 Å². The van der Waals surface area contributed by atoms with Crippen LogP contribution in [0.25, 0.3) is 0 Å². The Morgan fingerprint density at radius 3 is 1.59 bits per heavy atom. The molecular weight excluding hydrogens is 412 g/mol. The molecule has 0 aliphatic carbocycles. The minimum absolute atomic E-state index is 0.358. The van der Waals surface area contributed by atoms with Crippen molar-refractivity contribution in [1.29, 1.82) is 0 Å². The summed E-state index contributed by atoms with van der Waals surface area (Å²) in [5.74, 6) is 2.04. The lowest BCUT2D eigenvalue weighted by atomic mass is 10.3. The largest absolute Gasteiger partial charge is 0.436 e. The molecule has 3 rings (SSSR count). The van der Waals surface area contributed by atoms with Crippen molar-refractivity contribution in [3.8, 4) is 23.3 Å². The molecule has 0 radical (unpaired) electrons. The Morgan fingerprint density at radius 2 is 1.14 bits per heavy atom. The topological polar surface area (TPSA) is 44.2 Å². The predicted molar refractivity (Wildman–Crippen MR) is 90.5 cm³/mol. The second kappa shape index (κ2) is 6.89. The first kappa shape index (κ1) is 15.0. The molecule has 1 heterocycles. The summed E-state index contributed by atoms with van der Waals surface area (Å²) < 4.78 is 13.1. The molecule has 0 aliphatic rings. The molecule has 0 atom stereocenters. The van der Waals surface area contributed by atoms with Gasteiger partial charge in [0.1, 0.15) is 11.5 Å². The monoisotopic (exact) mass is 420 g/mol. The third-order valence-corrected chi connectivity index (χ3v) is 4.00. The molecule has 0 bridgehead atoms. The van der Waals surface area contributed by atoms with Gasteiger partial charge in [-0.2, -0.15) is 4.98 Å². The van der Waals surface area contributed by atoms with Crippen LogP contribution in [0.3, 0.4) is 0 Å². The van der Waals surface area contributed by atoms with E-state index in [1.54, 1.807) is 0 Å². The summed E-state index contributed by atoms with van der Waals surface area (Å²) in [6, 6.07) is 15.1. The molecule has 6 heteroatoms. The van der Waals surface area contributed by atoms with Crippen molar-refractivity contribution in [3.63, 3.8) is 0 Å². The second-order valence-corrected chi connectivity index (χ2v) is 5.97. The molecule has 110 valence electrons. The maximum atomic E-state index is 5.71. The number of ether oxygens (including phenoxy) is 2. The summed E-state index contributed by atoms with van der Waals surface area (Å²) in [5.41, 5.74) is 0. The van der Waals surface area contributed by atoms with Crippen molar-refractivity contribution in [2.75, 3.05) is 0 Å². The van der Waals surface area contributed by atoms with Crippen LogP contribution in [0.4, 0.5) is 0 Å². The Kier molecular flexibility index (Phi) is 4.70. The number of benzene rings is 2. The van der Waals surface area contributed by atoms with Crippen LogP contribution in [0.1, 0.15) is 0 Å². The van der Waals surface area contributed by atoms with E-state index in [0.717, 1.165) is 8.95 Å². The van der Waals surface area contributed by atoms with Crippen molar-refractivity contribution < 1.29 is 9.47 Å². The quantitative estimate of drug-likeness (QED) is 0.551. The normalized spacial score (nSPS) is 10.3. The Labute approximate surface area is 144 Å². The van der Waals surface area contributed by atoms with E-state index in [0.29, 0.717) is 23.3 Å². The van der Waals surface area contributed by atoms with Gasteiger partial charge in [0.25, 0.3) is 0 Å². The van der Waals surface area contributed by atoms with Crippen LogP contribution in [0.15, 0.2) is 69.9 Å². The SMILES string of the molecule is Brc1ccccc1Oc1cncc(Oc2ccccc2Br)n1. The van der Waals surface area contributed by atoms with Crippen LogP contribution in [0.5, 0.6) is 23.3 Å². The Balaban J connectivity index is 1.81. The third-order valence-electron chi connectivity index (χ3n) is 2.69. The van der Waals surface area contributed by atoms with Gasteiger partial charge in [0.05, 0.1) is 21.3 Å². The van der Waals surface area contributed by atoms with Gasteiger partial charge < -0.3 is 9.47 Å². The van der Waals surface area contributed by atoms with E-state index in [-0.39, 0.29) is 0 Å². The molecule has 0 unspecified atom stereocenters. The van der Waals surface area contributed by atoms with Gasteiger partial charge in [0, 0.05) is 0 Å². The molecular formula is C16H10Br2N2O2. The number of rotatable bonds is 4. The molecule has 0 spiro atoms. The first-order valence-electron chi connectivity index (χ1n) is 6.39. The third kappa shape index (κ3) is 3.64. The summed E-state index contributed by atoms with van der Waals surface area (Å²) in [6.45, 7) is 0. The summed E-state index contributed by atoms with van der Waals surface area (Å²) in [6.07, 6.45) is 3.07. The molecule has 3 aromatic rings. The number of para-hydroxylation sites is 2. The fourth-order valence-corrected chi connectivity index (χ4v) is 2.44. The van der Waals surface area contributed by atoms with E-state index in [2.05, 4.69) is 41.8 Å². The van der Waals surface area contributed by atoms with Crippen molar-refractivity contribution in [1.82, 2.24) is 9.97 Å². The smallest absolute Gasteiger partial charge is 0.241 e. The van der Waals surface area contributed by atoms with Crippen molar-refractivity contribution >= 4 is 31.9 Å². The molecule has 0 aliphatic heterocycles. The van der Waals surface area contributed by atoms with Gasteiger partial charge >= 0.3 is 0 Å². The van der Waals surface area contributed by atoms with Crippen LogP contribution < -0.4 is 9.47 Å². The average Bonchev–Trinajstić information content (AvgIpc) is 2.52. The maximum Gasteiger partial charge on any atom is 0.241 e. The van der Waals surface area contributed by atoms with E-state index in [1.807, 2.05) is 48.5 Å². The zero-order valence-electron chi connectivity index (χ0n) is 11.2. The van der Waals surface area contributed by atoms with Gasteiger partial charge in [-0.3, -0.25) is 4.98 Å². The number of nitrogens with zero attached hydrogens (tertiary/aromatic N) is 2. The van der Waals surface area contributed by atoms with Gasteiger partial charge in [-0.25, -0.2) is 0 Å². The number of halogens is 2. The van der Waals surface area contributed by atoms with E-state index in [9.17, 15) is 0 Å². The lowest BCUT2D eigenvalue weighted by molar-refractivity contribution is 0.419.